The number of Topliss-reactive ketones (excluding diaryl/α,β-unsaturated/α-hetero) is 1. The molecule has 2 aromatic rings. The minimum Gasteiger partial charge on any atom is -0.503 e. The van der Waals surface area contributed by atoms with Crippen LogP contribution in [0.2, 0.25) is 5.02 Å². The van der Waals surface area contributed by atoms with Gasteiger partial charge in [0.15, 0.2) is 5.76 Å². The molecule has 0 saturated heterocycles. The first-order valence-electron chi connectivity index (χ1n) is 10.1. The van der Waals surface area contributed by atoms with Crippen molar-refractivity contribution in [3.8, 4) is 0 Å². The van der Waals surface area contributed by atoms with Gasteiger partial charge in [-0.3, -0.25) is 9.59 Å². The maximum atomic E-state index is 13.4. The van der Waals surface area contributed by atoms with Crippen molar-refractivity contribution < 1.29 is 19.6 Å². The molecule has 160 valence electrons. The fourth-order valence-corrected chi connectivity index (χ4v) is 4.85. The van der Waals surface area contributed by atoms with E-state index in [0.29, 0.717) is 22.1 Å². The van der Waals surface area contributed by atoms with Crippen LogP contribution in [0.25, 0.3) is 0 Å². The van der Waals surface area contributed by atoms with Crippen LogP contribution in [0.5, 0.6) is 0 Å². The average Bonchev–Trinajstić information content (AvgIpc) is 3.19. The molecule has 0 saturated carbocycles. The molecule has 1 aliphatic heterocycles. The van der Waals surface area contributed by atoms with E-state index in [1.54, 1.807) is 36.1 Å². The average molecular weight is 449 g/mol. The third-order valence-corrected chi connectivity index (χ3v) is 6.87. The van der Waals surface area contributed by atoms with E-state index in [0.717, 1.165) is 30.2 Å². The molecule has 2 heterocycles. The van der Waals surface area contributed by atoms with E-state index in [1.807, 2.05) is 6.92 Å². The Balaban J connectivity index is 2.04. The van der Waals surface area contributed by atoms with Crippen molar-refractivity contribution in [1.82, 2.24) is 9.88 Å². The molecule has 1 amide bonds. The Hall–Kier alpha value is -2.22. The van der Waals surface area contributed by atoms with Crippen LogP contribution >= 0.6 is 22.9 Å². The quantitative estimate of drug-likeness (QED) is 0.609. The Morgan fingerprint density at radius 2 is 1.87 bits per heavy atom. The number of halogens is 1. The van der Waals surface area contributed by atoms with Crippen molar-refractivity contribution >= 4 is 34.6 Å². The molecule has 0 aliphatic carbocycles. The summed E-state index contributed by atoms with van der Waals surface area (Å²) in [6, 6.07) is 6.41. The smallest absolute Gasteiger partial charge is 0.290 e. The molecule has 1 aromatic heterocycles. The molecule has 0 spiro atoms. The zero-order chi connectivity index (χ0) is 22.0. The van der Waals surface area contributed by atoms with Crippen LogP contribution in [-0.2, 0) is 4.79 Å². The molecule has 0 bridgehead atoms. The number of aromatic nitrogens is 1. The summed E-state index contributed by atoms with van der Waals surface area (Å²) in [5, 5.41) is 12.1. The summed E-state index contributed by atoms with van der Waals surface area (Å²) in [4.78, 5) is 34.1. The predicted molar refractivity (Wildman–Crippen MR) is 118 cm³/mol. The van der Waals surface area contributed by atoms with E-state index in [1.165, 1.54) is 16.2 Å². The molecule has 1 unspecified atom stereocenters. The van der Waals surface area contributed by atoms with Gasteiger partial charge in [-0.1, -0.05) is 23.7 Å². The summed E-state index contributed by atoms with van der Waals surface area (Å²) in [7, 11) is 0. The largest absolute Gasteiger partial charge is 0.503 e. The molecule has 8 heteroatoms. The van der Waals surface area contributed by atoms with Crippen molar-refractivity contribution in [1.29, 1.82) is 0 Å². The number of aliphatic hydroxyl groups is 1. The summed E-state index contributed by atoms with van der Waals surface area (Å²) in [6.45, 7) is 10.8. The highest BCUT2D eigenvalue weighted by molar-refractivity contribution is 7.14. The second kappa shape index (κ2) is 9.29. The highest BCUT2D eigenvalue weighted by atomic mass is 35.5. The van der Waals surface area contributed by atoms with Gasteiger partial charge in [0.25, 0.3) is 5.91 Å². The highest BCUT2D eigenvalue weighted by Crippen LogP contribution is 2.40. The first-order chi connectivity index (χ1) is 14.3. The number of rotatable bonds is 8. The standard InChI is InChI=1S/C22H26ClN3O3S/c1-5-25(6-2)11-12-26-18(15-7-9-16(23)10-8-15)17(20(28)22(26)29)19(27)21-13(3)24-14(4)30-21/h7-10,18,28H,5-6,11-12H2,1-4H3/p+1. The fraction of sp³-hybridized carbons (Fsp3) is 0.409. The SMILES string of the molecule is CC[NH+](CC)CCN1C(=O)C(O)=C(C(=O)c2sc(C)nc2C)C1c1ccc(Cl)cc1. The predicted octanol–water partition coefficient (Wildman–Crippen LogP) is 2.92. The molecular formula is C22H27ClN3O3S+. The van der Waals surface area contributed by atoms with Crippen LogP contribution in [-0.4, -0.2) is 52.9 Å². The van der Waals surface area contributed by atoms with Gasteiger partial charge in [0, 0.05) is 5.02 Å². The molecule has 2 N–H and O–H groups in total. The number of thiazole rings is 1. The number of amides is 1. The minimum atomic E-state index is -0.654. The summed E-state index contributed by atoms with van der Waals surface area (Å²) in [6.07, 6.45) is 0. The number of hydrogen-bond donors (Lipinski definition) is 2. The van der Waals surface area contributed by atoms with E-state index < -0.39 is 17.7 Å². The monoisotopic (exact) mass is 448 g/mol. The second-order valence-corrected chi connectivity index (χ2v) is 9.04. The van der Waals surface area contributed by atoms with E-state index in [-0.39, 0.29) is 11.4 Å². The third-order valence-electron chi connectivity index (χ3n) is 5.55. The molecule has 1 aliphatic rings. The van der Waals surface area contributed by atoms with Gasteiger partial charge in [-0.25, -0.2) is 4.98 Å². The molecule has 6 nitrogen and oxygen atoms in total. The number of aryl methyl sites for hydroxylation is 2. The number of nitrogens with zero attached hydrogens (tertiary/aromatic N) is 2. The van der Waals surface area contributed by atoms with Gasteiger partial charge in [0.05, 0.1) is 53.4 Å². The van der Waals surface area contributed by atoms with E-state index in [2.05, 4.69) is 18.8 Å². The molecule has 3 rings (SSSR count). The first kappa shape index (κ1) is 22.5. The fourth-order valence-electron chi connectivity index (χ4n) is 3.85. The number of ketones is 1. The summed E-state index contributed by atoms with van der Waals surface area (Å²) in [5.74, 6) is -1.33. The summed E-state index contributed by atoms with van der Waals surface area (Å²) in [5.41, 5.74) is 1.47. The number of nitrogens with one attached hydrogen (secondary N) is 1. The van der Waals surface area contributed by atoms with Gasteiger partial charge in [-0.15, -0.1) is 11.3 Å². The molecule has 1 aromatic carbocycles. The third kappa shape index (κ3) is 4.29. The van der Waals surface area contributed by atoms with Crippen LogP contribution < -0.4 is 4.90 Å². The van der Waals surface area contributed by atoms with Gasteiger partial charge in [0.1, 0.15) is 0 Å². The van der Waals surface area contributed by atoms with Crippen molar-refractivity contribution in [2.75, 3.05) is 26.2 Å². The number of carbonyl (C=O) groups excluding carboxylic acids is 2. The number of likely N-dealkylation sites (N-methyl/N-ethyl adjacent to an activating group) is 1. The lowest BCUT2D eigenvalue weighted by molar-refractivity contribution is -0.895. The zero-order valence-corrected chi connectivity index (χ0v) is 19.2. The van der Waals surface area contributed by atoms with Crippen LogP contribution in [0, 0.1) is 13.8 Å². The van der Waals surface area contributed by atoms with Crippen LogP contribution in [0.15, 0.2) is 35.6 Å². The Kier molecular flexibility index (Phi) is 6.95. The number of benzene rings is 1. The number of quaternary nitrogens is 1. The topological polar surface area (TPSA) is 74.9 Å². The summed E-state index contributed by atoms with van der Waals surface area (Å²) < 4.78 is 0. The van der Waals surface area contributed by atoms with Gasteiger partial charge in [-0.05, 0) is 45.4 Å². The molecule has 0 fully saturated rings. The maximum Gasteiger partial charge on any atom is 0.290 e. The van der Waals surface area contributed by atoms with Gasteiger partial charge >= 0.3 is 0 Å². The summed E-state index contributed by atoms with van der Waals surface area (Å²) >= 11 is 7.33. The Bertz CT molecular complexity index is 980. The van der Waals surface area contributed by atoms with Gasteiger partial charge in [-0.2, -0.15) is 0 Å². The minimum absolute atomic E-state index is 0.114. The van der Waals surface area contributed by atoms with Gasteiger partial charge < -0.3 is 14.9 Å². The Labute approximate surface area is 185 Å². The van der Waals surface area contributed by atoms with E-state index >= 15 is 0 Å². The first-order valence-corrected chi connectivity index (χ1v) is 11.3. The van der Waals surface area contributed by atoms with Crippen molar-refractivity contribution in [3.63, 3.8) is 0 Å². The maximum absolute atomic E-state index is 13.4. The molecule has 30 heavy (non-hydrogen) atoms. The Morgan fingerprint density at radius 1 is 1.23 bits per heavy atom. The number of aliphatic hydroxyl groups excluding tert-OH is 1. The zero-order valence-electron chi connectivity index (χ0n) is 17.7. The van der Waals surface area contributed by atoms with Crippen LogP contribution in [0.1, 0.15) is 45.8 Å². The lowest BCUT2D eigenvalue weighted by Gasteiger charge is -2.28. The van der Waals surface area contributed by atoms with Crippen molar-refractivity contribution in [2.45, 2.75) is 33.7 Å². The lowest BCUT2D eigenvalue weighted by atomic mass is 9.95. The van der Waals surface area contributed by atoms with Gasteiger partial charge in [0.2, 0.25) is 5.78 Å². The van der Waals surface area contributed by atoms with Crippen LogP contribution in [0.3, 0.4) is 0 Å². The second-order valence-electron chi connectivity index (χ2n) is 7.40. The molecular weight excluding hydrogens is 422 g/mol. The number of carbonyl (C=O) groups is 2. The van der Waals surface area contributed by atoms with Crippen molar-refractivity contribution in [2.24, 2.45) is 0 Å². The normalized spacial score (nSPS) is 16.8. The lowest BCUT2D eigenvalue weighted by Crippen LogP contribution is -3.12. The molecule has 1 atom stereocenters. The Morgan fingerprint density at radius 3 is 2.40 bits per heavy atom. The highest BCUT2D eigenvalue weighted by Gasteiger charge is 2.44. The number of hydrogen-bond acceptors (Lipinski definition) is 5. The van der Waals surface area contributed by atoms with Crippen molar-refractivity contribution in [3.05, 3.63) is 61.8 Å². The molecule has 0 radical (unpaired) electrons. The van der Waals surface area contributed by atoms with E-state index in [4.69, 9.17) is 11.6 Å². The van der Waals surface area contributed by atoms with Crippen LogP contribution in [0.4, 0.5) is 0 Å². The van der Waals surface area contributed by atoms with E-state index in [9.17, 15) is 14.7 Å².